The minimum atomic E-state index is -5.08. The number of halogens is 3. The van der Waals surface area contributed by atoms with Crippen molar-refractivity contribution in [2.45, 2.75) is 75.9 Å². The molecule has 0 radical (unpaired) electrons. The van der Waals surface area contributed by atoms with Crippen molar-refractivity contribution in [3.8, 4) is 0 Å². The summed E-state index contributed by atoms with van der Waals surface area (Å²) in [5, 5.41) is 7.12. The molecule has 1 spiro atoms. The number of alkyl halides is 3. The zero-order chi connectivity index (χ0) is 23.2. The average Bonchev–Trinajstić information content (AvgIpc) is 2.94. The molecule has 3 heterocycles. The predicted octanol–water partition coefficient (Wildman–Crippen LogP) is 4.04. The highest BCUT2D eigenvalue weighted by Gasteiger charge is 2.46. The number of carbonyl (C=O) groups is 2. The summed E-state index contributed by atoms with van der Waals surface area (Å²) >= 11 is 0. The van der Waals surface area contributed by atoms with Gasteiger partial charge in [0.2, 0.25) is 5.91 Å². The molecule has 4 rings (SSSR count). The van der Waals surface area contributed by atoms with E-state index in [2.05, 4.69) is 19.8 Å². The topological polar surface area (TPSA) is 86.6 Å². The lowest BCUT2D eigenvalue weighted by Crippen LogP contribution is -2.48. The predicted molar refractivity (Wildman–Crippen MR) is 112 cm³/mol. The summed E-state index contributed by atoms with van der Waals surface area (Å²) in [6.07, 6.45) is 12.1. The number of likely N-dealkylation sites (tertiary alicyclic amines) is 1. The van der Waals surface area contributed by atoms with Gasteiger partial charge >= 0.3 is 12.1 Å². The molecule has 1 aliphatic carbocycles. The van der Waals surface area contributed by atoms with E-state index in [9.17, 15) is 18.0 Å². The van der Waals surface area contributed by atoms with Crippen molar-refractivity contribution in [2.24, 2.45) is 5.92 Å². The van der Waals surface area contributed by atoms with Crippen LogP contribution in [0.1, 0.15) is 64.2 Å². The van der Waals surface area contributed by atoms with Crippen molar-refractivity contribution in [2.75, 3.05) is 24.5 Å². The molecule has 3 aliphatic rings. The molecule has 1 atom stereocenters. The maximum Gasteiger partial charge on any atom is 0.490 e. The Hall–Kier alpha value is -2.39. The first-order valence-corrected chi connectivity index (χ1v) is 11.3. The van der Waals surface area contributed by atoms with Gasteiger partial charge in [-0.15, -0.1) is 0 Å². The van der Waals surface area contributed by atoms with Crippen LogP contribution in [0.15, 0.2) is 18.6 Å². The molecule has 178 valence electrons. The fourth-order valence-corrected chi connectivity index (χ4v) is 5.18. The lowest BCUT2D eigenvalue weighted by Gasteiger charge is -2.41. The van der Waals surface area contributed by atoms with Gasteiger partial charge in [0.15, 0.2) is 0 Å². The van der Waals surface area contributed by atoms with E-state index in [4.69, 9.17) is 9.90 Å². The van der Waals surface area contributed by atoms with Gasteiger partial charge in [-0.05, 0) is 44.4 Å². The Morgan fingerprint density at radius 3 is 2.44 bits per heavy atom. The standard InChI is InChI=1S/C20H30N4O.C2HF3O2/c25-19-7-9-20(24(19)16-17-5-2-1-3-6-17)8-4-13-23(14-10-20)18-15-21-11-12-22-18;3-2(4,5)1(6)7/h11-12,15,17H,1-10,13-14,16H2;(H,6,7). The monoisotopic (exact) mass is 456 g/mol. The molecule has 32 heavy (non-hydrogen) atoms. The van der Waals surface area contributed by atoms with E-state index in [0.29, 0.717) is 5.91 Å². The minimum Gasteiger partial charge on any atom is -0.475 e. The van der Waals surface area contributed by atoms with Crippen molar-refractivity contribution in [3.63, 3.8) is 0 Å². The van der Waals surface area contributed by atoms with Crippen LogP contribution in [0.25, 0.3) is 0 Å². The molecule has 1 saturated carbocycles. The van der Waals surface area contributed by atoms with E-state index in [0.717, 1.165) is 63.5 Å². The van der Waals surface area contributed by atoms with Gasteiger partial charge in [0.1, 0.15) is 5.82 Å². The molecule has 1 N–H and O–H groups in total. The summed E-state index contributed by atoms with van der Waals surface area (Å²) < 4.78 is 31.7. The molecule has 0 bridgehead atoms. The van der Waals surface area contributed by atoms with Crippen LogP contribution < -0.4 is 4.90 Å². The Labute approximate surface area is 186 Å². The fraction of sp³-hybridized carbons (Fsp3) is 0.727. The fourth-order valence-electron chi connectivity index (χ4n) is 5.18. The lowest BCUT2D eigenvalue weighted by molar-refractivity contribution is -0.192. The van der Waals surface area contributed by atoms with E-state index in [1.54, 1.807) is 12.4 Å². The molecule has 1 aromatic heterocycles. The molecule has 1 unspecified atom stereocenters. The van der Waals surface area contributed by atoms with Crippen LogP contribution in [0.3, 0.4) is 0 Å². The maximum absolute atomic E-state index is 12.7. The first kappa shape index (κ1) is 24.3. The Morgan fingerprint density at radius 2 is 1.81 bits per heavy atom. The number of hydrogen-bond donors (Lipinski definition) is 1. The van der Waals surface area contributed by atoms with Gasteiger partial charge in [-0.3, -0.25) is 9.78 Å². The zero-order valence-electron chi connectivity index (χ0n) is 18.2. The third-order valence-corrected chi connectivity index (χ3v) is 6.88. The summed E-state index contributed by atoms with van der Waals surface area (Å²) in [4.78, 5) is 34.9. The van der Waals surface area contributed by atoms with E-state index in [1.807, 2.05) is 6.20 Å². The summed E-state index contributed by atoms with van der Waals surface area (Å²) in [5.41, 5.74) is 0.103. The number of aliphatic carboxylic acids is 1. The number of carbonyl (C=O) groups excluding carboxylic acids is 1. The number of amides is 1. The normalized spacial score (nSPS) is 24.8. The summed E-state index contributed by atoms with van der Waals surface area (Å²) in [5.74, 6) is -0.652. The largest absolute Gasteiger partial charge is 0.490 e. The van der Waals surface area contributed by atoms with Gasteiger partial charge in [-0.2, -0.15) is 13.2 Å². The third-order valence-electron chi connectivity index (χ3n) is 6.88. The number of hydrogen-bond acceptors (Lipinski definition) is 5. The number of carboxylic acid groups (broad SMARTS) is 1. The van der Waals surface area contributed by atoms with Gasteiger partial charge in [-0.1, -0.05) is 19.3 Å². The maximum atomic E-state index is 12.7. The van der Waals surface area contributed by atoms with E-state index in [-0.39, 0.29) is 5.54 Å². The van der Waals surface area contributed by atoms with Gasteiger partial charge in [0.05, 0.1) is 6.20 Å². The SMILES string of the molecule is O=C(O)C(F)(F)F.O=C1CCC2(CCCN(c3cnccn3)CC2)N1CC1CCCCC1. The summed E-state index contributed by atoms with van der Waals surface area (Å²) in [7, 11) is 0. The number of nitrogens with zero attached hydrogens (tertiary/aromatic N) is 4. The Morgan fingerprint density at radius 1 is 1.09 bits per heavy atom. The first-order valence-electron chi connectivity index (χ1n) is 11.3. The van der Waals surface area contributed by atoms with Crippen LogP contribution in [0.4, 0.5) is 19.0 Å². The van der Waals surface area contributed by atoms with Gasteiger partial charge in [0, 0.05) is 44.0 Å². The number of rotatable bonds is 3. The molecular weight excluding hydrogens is 425 g/mol. The summed E-state index contributed by atoms with van der Waals surface area (Å²) in [6, 6.07) is 0. The molecule has 7 nitrogen and oxygen atoms in total. The number of carboxylic acids is 1. The number of aromatic nitrogens is 2. The molecule has 10 heteroatoms. The van der Waals surface area contributed by atoms with Crippen LogP contribution in [-0.2, 0) is 9.59 Å². The Balaban J connectivity index is 0.000000360. The highest BCUT2D eigenvalue weighted by atomic mass is 19.4. The molecule has 2 aliphatic heterocycles. The van der Waals surface area contributed by atoms with Crippen LogP contribution >= 0.6 is 0 Å². The van der Waals surface area contributed by atoms with Crippen molar-refractivity contribution < 1.29 is 27.9 Å². The van der Waals surface area contributed by atoms with Crippen molar-refractivity contribution in [1.82, 2.24) is 14.9 Å². The summed E-state index contributed by atoms with van der Waals surface area (Å²) in [6.45, 7) is 3.00. The smallest absolute Gasteiger partial charge is 0.475 e. The Bertz CT molecular complexity index is 771. The highest BCUT2D eigenvalue weighted by Crippen LogP contribution is 2.41. The lowest BCUT2D eigenvalue weighted by atomic mass is 9.84. The molecule has 1 amide bonds. The second kappa shape index (κ2) is 10.5. The molecule has 1 aromatic rings. The van der Waals surface area contributed by atoms with Gasteiger partial charge < -0.3 is 14.9 Å². The van der Waals surface area contributed by atoms with Crippen molar-refractivity contribution >= 4 is 17.7 Å². The first-order chi connectivity index (χ1) is 15.2. The van der Waals surface area contributed by atoms with E-state index < -0.39 is 12.1 Å². The van der Waals surface area contributed by atoms with E-state index >= 15 is 0 Å². The quantitative estimate of drug-likeness (QED) is 0.739. The van der Waals surface area contributed by atoms with Crippen LogP contribution in [0.2, 0.25) is 0 Å². The van der Waals surface area contributed by atoms with Gasteiger partial charge in [0.25, 0.3) is 0 Å². The minimum absolute atomic E-state index is 0.103. The zero-order valence-corrected chi connectivity index (χ0v) is 18.2. The van der Waals surface area contributed by atoms with Crippen LogP contribution in [-0.4, -0.2) is 63.2 Å². The molecular formula is C22H31F3N4O3. The van der Waals surface area contributed by atoms with Crippen molar-refractivity contribution in [1.29, 1.82) is 0 Å². The second-order valence-electron chi connectivity index (χ2n) is 8.94. The van der Waals surface area contributed by atoms with Crippen LogP contribution in [0.5, 0.6) is 0 Å². The molecule has 2 saturated heterocycles. The Kier molecular flexibility index (Phi) is 7.95. The van der Waals surface area contributed by atoms with Gasteiger partial charge in [-0.25, -0.2) is 9.78 Å². The number of anilines is 1. The second-order valence-corrected chi connectivity index (χ2v) is 8.94. The van der Waals surface area contributed by atoms with Crippen molar-refractivity contribution in [3.05, 3.63) is 18.6 Å². The average molecular weight is 457 g/mol. The highest BCUT2D eigenvalue weighted by molar-refractivity contribution is 5.79. The van der Waals surface area contributed by atoms with Crippen LogP contribution in [0, 0.1) is 5.92 Å². The molecule has 3 fully saturated rings. The third kappa shape index (κ3) is 6.10. The van der Waals surface area contributed by atoms with E-state index in [1.165, 1.54) is 32.1 Å². The molecule has 0 aromatic carbocycles.